The SMILES string of the molecule is CC(N)(CSc1nccs1)C(N)=O. The molecule has 1 aromatic heterocycles. The molecule has 0 fully saturated rings. The number of nitrogens with zero attached hydrogens (tertiary/aromatic N) is 1. The number of amides is 1. The molecule has 4 nitrogen and oxygen atoms in total. The van der Waals surface area contributed by atoms with Crippen molar-refractivity contribution in [3.05, 3.63) is 11.6 Å². The van der Waals surface area contributed by atoms with Crippen LogP contribution < -0.4 is 11.5 Å². The van der Waals surface area contributed by atoms with E-state index in [4.69, 9.17) is 11.5 Å². The largest absolute Gasteiger partial charge is 0.368 e. The molecule has 0 aromatic carbocycles. The lowest BCUT2D eigenvalue weighted by Crippen LogP contribution is -2.51. The Morgan fingerprint density at radius 1 is 1.85 bits per heavy atom. The second kappa shape index (κ2) is 4.08. The molecule has 0 aliphatic carbocycles. The quantitative estimate of drug-likeness (QED) is 0.717. The van der Waals surface area contributed by atoms with Gasteiger partial charge in [-0.3, -0.25) is 4.79 Å². The zero-order valence-corrected chi connectivity index (χ0v) is 8.82. The van der Waals surface area contributed by atoms with Crippen molar-refractivity contribution >= 4 is 29.0 Å². The van der Waals surface area contributed by atoms with Gasteiger partial charge in [-0.2, -0.15) is 0 Å². The van der Waals surface area contributed by atoms with E-state index in [9.17, 15) is 4.79 Å². The lowest BCUT2D eigenvalue weighted by Gasteiger charge is -2.18. The first-order chi connectivity index (χ1) is 6.02. The van der Waals surface area contributed by atoms with Gasteiger partial charge in [0.2, 0.25) is 5.91 Å². The summed E-state index contributed by atoms with van der Waals surface area (Å²) >= 11 is 2.96. The number of hydrogen-bond donors (Lipinski definition) is 2. The first kappa shape index (κ1) is 10.5. The molecular weight excluding hydrogens is 206 g/mol. The molecule has 13 heavy (non-hydrogen) atoms. The summed E-state index contributed by atoms with van der Waals surface area (Å²) in [4.78, 5) is 14.9. The molecule has 1 aromatic rings. The number of carbonyl (C=O) groups is 1. The Bertz CT molecular complexity index is 284. The summed E-state index contributed by atoms with van der Waals surface area (Å²) in [5.74, 6) is -0.0351. The summed E-state index contributed by atoms with van der Waals surface area (Å²) in [5.41, 5.74) is 9.81. The summed E-state index contributed by atoms with van der Waals surface area (Å²) in [6.07, 6.45) is 1.71. The first-order valence-electron chi connectivity index (χ1n) is 3.63. The van der Waals surface area contributed by atoms with Crippen molar-refractivity contribution in [1.82, 2.24) is 4.98 Å². The molecule has 1 heterocycles. The van der Waals surface area contributed by atoms with Crippen LogP contribution >= 0.6 is 23.1 Å². The zero-order valence-electron chi connectivity index (χ0n) is 7.19. The van der Waals surface area contributed by atoms with Crippen molar-refractivity contribution in [1.29, 1.82) is 0 Å². The van der Waals surface area contributed by atoms with Crippen LogP contribution in [0, 0.1) is 0 Å². The van der Waals surface area contributed by atoms with Gasteiger partial charge < -0.3 is 11.5 Å². The number of thiazole rings is 1. The molecule has 0 radical (unpaired) electrons. The molecule has 0 saturated carbocycles. The highest BCUT2D eigenvalue weighted by Gasteiger charge is 2.25. The van der Waals surface area contributed by atoms with Crippen LogP contribution in [0.2, 0.25) is 0 Å². The van der Waals surface area contributed by atoms with Gasteiger partial charge in [0, 0.05) is 17.3 Å². The van der Waals surface area contributed by atoms with Crippen LogP contribution in [0.4, 0.5) is 0 Å². The Balaban J connectivity index is 2.47. The van der Waals surface area contributed by atoms with Crippen LogP contribution in [0.15, 0.2) is 15.9 Å². The van der Waals surface area contributed by atoms with Gasteiger partial charge in [0.25, 0.3) is 0 Å². The molecule has 4 N–H and O–H groups in total. The highest BCUT2D eigenvalue weighted by Crippen LogP contribution is 2.23. The number of thioether (sulfide) groups is 1. The lowest BCUT2D eigenvalue weighted by molar-refractivity contribution is -0.121. The minimum absolute atomic E-state index is 0.454. The van der Waals surface area contributed by atoms with E-state index in [1.807, 2.05) is 5.38 Å². The zero-order chi connectivity index (χ0) is 9.90. The molecule has 0 aliphatic rings. The third-order valence-electron chi connectivity index (χ3n) is 1.47. The van der Waals surface area contributed by atoms with E-state index in [2.05, 4.69) is 4.98 Å². The maximum Gasteiger partial charge on any atom is 0.238 e. The fourth-order valence-electron chi connectivity index (χ4n) is 0.564. The van der Waals surface area contributed by atoms with Gasteiger partial charge in [-0.05, 0) is 6.92 Å². The Labute approximate surface area is 84.7 Å². The van der Waals surface area contributed by atoms with Gasteiger partial charge in [0.15, 0.2) is 0 Å². The topological polar surface area (TPSA) is 82.0 Å². The summed E-state index contributed by atoms with van der Waals surface area (Å²) in [5, 5.41) is 1.88. The molecular formula is C7H11N3OS2. The van der Waals surface area contributed by atoms with Gasteiger partial charge >= 0.3 is 0 Å². The van der Waals surface area contributed by atoms with Crippen molar-refractivity contribution < 1.29 is 4.79 Å². The Morgan fingerprint density at radius 2 is 2.54 bits per heavy atom. The van der Waals surface area contributed by atoms with E-state index in [0.29, 0.717) is 5.75 Å². The monoisotopic (exact) mass is 217 g/mol. The summed E-state index contributed by atoms with van der Waals surface area (Å²) in [6.45, 7) is 1.62. The van der Waals surface area contributed by atoms with Crippen LogP contribution in [-0.4, -0.2) is 22.2 Å². The average molecular weight is 217 g/mol. The molecule has 1 rings (SSSR count). The van der Waals surface area contributed by atoms with E-state index >= 15 is 0 Å². The van der Waals surface area contributed by atoms with Crippen molar-refractivity contribution in [3.8, 4) is 0 Å². The average Bonchev–Trinajstić information content (AvgIpc) is 2.52. The highest BCUT2D eigenvalue weighted by atomic mass is 32.2. The van der Waals surface area contributed by atoms with E-state index < -0.39 is 11.4 Å². The van der Waals surface area contributed by atoms with E-state index in [1.54, 1.807) is 13.1 Å². The number of rotatable bonds is 4. The molecule has 0 bridgehead atoms. The van der Waals surface area contributed by atoms with E-state index in [-0.39, 0.29) is 0 Å². The van der Waals surface area contributed by atoms with Crippen LogP contribution in [0.5, 0.6) is 0 Å². The lowest BCUT2D eigenvalue weighted by atomic mass is 10.1. The van der Waals surface area contributed by atoms with Gasteiger partial charge in [0.05, 0.1) is 0 Å². The summed E-state index contributed by atoms with van der Waals surface area (Å²) in [7, 11) is 0. The Hall–Kier alpha value is -0.590. The molecule has 1 atom stereocenters. The maximum absolute atomic E-state index is 10.8. The van der Waals surface area contributed by atoms with Crippen molar-refractivity contribution in [2.75, 3.05) is 5.75 Å². The fourth-order valence-corrected chi connectivity index (χ4v) is 2.24. The Kier molecular flexibility index (Phi) is 3.29. The fraction of sp³-hybridized carbons (Fsp3) is 0.429. The predicted octanol–water partition coefficient (Wildman–Crippen LogP) is 0.438. The second-order valence-electron chi connectivity index (χ2n) is 2.87. The summed E-state index contributed by atoms with van der Waals surface area (Å²) in [6, 6.07) is 0. The van der Waals surface area contributed by atoms with Gasteiger partial charge in [-0.15, -0.1) is 11.3 Å². The van der Waals surface area contributed by atoms with Crippen molar-refractivity contribution in [3.63, 3.8) is 0 Å². The molecule has 1 unspecified atom stereocenters. The molecule has 0 saturated heterocycles. The highest BCUT2D eigenvalue weighted by molar-refractivity contribution is 8.01. The molecule has 72 valence electrons. The third kappa shape index (κ3) is 2.98. The van der Waals surface area contributed by atoms with Crippen molar-refractivity contribution in [2.45, 2.75) is 16.8 Å². The van der Waals surface area contributed by atoms with Crippen molar-refractivity contribution in [2.24, 2.45) is 11.5 Å². The smallest absolute Gasteiger partial charge is 0.238 e. The number of carbonyl (C=O) groups excluding carboxylic acids is 1. The number of aromatic nitrogens is 1. The predicted molar refractivity (Wildman–Crippen MR) is 54.6 cm³/mol. The third-order valence-corrected chi connectivity index (χ3v) is 3.77. The first-order valence-corrected chi connectivity index (χ1v) is 5.50. The van der Waals surface area contributed by atoms with E-state index in [1.165, 1.54) is 23.1 Å². The van der Waals surface area contributed by atoms with Gasteiger partial charge in [-0.1, -0.05) is 11.8 Å². The standard InChI is InChI=1S/C7H11N3OS2/c1-7(9,5(8)11)4-13-6-10-2-3-12-6/h2-3H,4,9H2,1H3,(H2,8,11). The van der Waals surface area contributed by atoms with Crippen LogP contribution in [0.25, 0.3) is 0 Å². The minimum atomic E-state index is -0.962. The number of nitrogens with two attached hydrogens (primary N) is 2. The second-order valence-corrected chi connectivity index (χ2v) is 4.99. The summed E-state index contributed by atoms with van der Waals surface area (Å²) < 4.78 is 0.901. The van der Waals surface area contributed by atoms with E-state index in [0.717, 1.165) is 4.34 Å². The number of primary amides is 1. The number of hydrogen-bond acceptors (Lipinski definition) is 5. The maximum atomic E-state index is 10.8. The molecule has 0 spiro atoms. The normalized spacial score (nSPS) is 15.2. The van der Waals surface area contributed by atoms with Gasteiger partial charge in [0.1, 0.15) is 9.88 Å². The minimum Gasteiger partial charge on any atom is -0.368 e. The van der Waals surface area contributed by atoms with Crippen LogP contribution in [0.3, 0.4) is 0 Å². The van der Waals surface area contributed by atoms with Crippen LogP contribution in [-0.2, 0) is 4.79 Å². The molecule has 0 aliphatic heterocycles. The molecule has 6 heteroatoms. The Morgan fingerprint density at radius 3 is 3.00 bits per heavy atom. The van der Waals surface area contributed by atoms with Crippen LogP contribution in [0.1, 0.15) is 6.92 Å². The molecule has 1 amide bonds. The van der Waals surface area contributed by atoms with Gasteiger partial charge in [-0.25, -0.2) is 4.98 Å².